The van der Waals surface area contributed by atoms with Crippen LogP contribution in [0, 0.1) is 5.92 Å². The van der Waals surface area contributed by atoms with Gasteiger partial charge in [-0.2, -0.15) is 0 Å². The highest BCUT2D eigenvalue weighted by molar-refractivity contribution is 4.77. The van der Waals surface area contributed by atoms with Gasteiger partial charge in [0, 0.05) is 32.8 Å². The lowest BCUT2D eigenvalue weighted by Crippen LogP contribution is -2.35. The molecule has 1 aliphatic carbocycles. The summed E-state index contributed by atoms with van der Waals surface area (Å²) in [5.41, 5.74) is 0. The van der Waals surface area contributed by atoms with Gasteiger partial charge in [-0.1, -0.05) is 20.3 Å². The first-order valence-electron chi connectivity index (χ1n) is 7.87. The molecule has 0 saturated heterocycles. The quantitative estimate of drug-likeness (QED) is 0.513. The molecule has 0 bridgehead atoms. The highest BCUT2D eigenvalue weighted by Crippen LogP contribution is 2.29. The molecule has 0 heterocycles. The molecule has 0 atom stereocenters. The minimum Gasteiger partial charge on any atom is -0.380 e. The molecule has 3 nitrogen and oxygen atoms in total. The first-order valence-corrected chi connectivity index (χ1v) is 7.87. The third-order valence-electron chi connectivity index (χ3n) is 3.42. The largest absolute Gasteiger partial charge is 0.380 e. The van der Waals surface area contributed by atoms with Crippen molar-refractivity contribution in [1.82, 2.24) is 10.2 Å². The second kappa shape index (κ2) is 10.8. The van der Waals surface area contributed by atoms with Crippen LogP contribution in [0.25, 0.3) is 0 Å². The van der Waals surface area contributed by atoms with E-state index in [0.29, 0.717) is 0 Å². The summed E-state index contributed by atoms with van der Waals surface area (Å²) in [6, 6.07) is 0. The second-order valence-electron chi connectivity index (χ2n) is 5.46. The van der Waals surface area contributed by atoms with Gasteiger partial charge < -0.3 is 15.0 Å². The van der Waals surface area contributed by atoms with Crippen LogP contribution in [0.4, 0.5) is 0 Å². The summed E-state index contributed by atoms with van der Waals surface area (Å²) >= 11 is 0. The van der Waals surface area contributed by atoms with E-state index < -0.39 is 0 Å². The lowest BCUT2D eigenvalue weighted by atomic mass is 10.3. The summed E-state index contributed by atoms with van der Waals surface area (Å²) in [5.74, 6) is 1.01. The molecule has 3 heteroatoms. The molecule has 0 spiro atoms. The van der Waals surface area contributed by atoms with Crippen molar-refractivity contribution in [3.8, 4) is 0 Å². The fourth-order valence-corrected chi connectivity index (χ4v) is 2.13. The zero-order valence-corrected chi connectivity index (χ0v) is 12.4. The number of nitrogens with zero attached hydrogens (tertiary/aromatic N) is 1. The Labute approximate surface area is 113 Å². The van der Waals surface area contributed by atoms with Crippen molar-refractivity contribution in [2.45, 2.75) is 46.0 Å². The Hall–Kier alpha value is -0.120. The average Bonchev–Trinajstić information content (AvgIpc) is 3.16. The molecule has 1 saturated carbocycles. The fourth-order valence-electron chi connectivity index (χ4n) is 2.13. The smallest absolute Gasteiger partial charge is 0.0590 e. The van der Waals surface area contributed by atoms with Crippen molar-refractivity contribution in [3.05, 3.63) is 0 Å². The van der Waals surface area contributed by atoms with E-state index in [2.05, 4.69) is 24.1 Å². The third kappa shape index (κ3) is 8.90. The summed E-state index contributed by atoms with van der Waals surface area (Å²) in [7, 11) is 0. The molecule has 18 heavy (non-hydrogen) atoms. The van der Waals surface area contributed by atoms with Crippen LogP contribution in [0.3, 0.4) is 0 Å². The third-order valence-corrected chi connectivity index (χ3v) is 3.42. The van der Waals surface area contributed by atoms with Crippen LogP contribution in [0.15, 0.2) is 0 Å². The van der Waals surface area contributed by atoms with E-state index in [9.17, 15) is 0 Å². The number of unbranched alkanes of at least 4 members (excludes halogenated alkanes) is 1. The zero-order chi connectivity index (χ0) is 13.1. The summed E-state index contributed by atoms with van der Waals surface area (Å²) in [6.45, 7) is 12.1. The standard InChI is InChI=1S/C15H32N2O/c1-3-5-12-18-13-9-16-8-11-17(10-4-2)14-15-6-7-15/h15-16H,3-14H2,1-2H3. The Balaban J connectivity index is 1.87. The second-order valence-corrected chi connectivity index (χ2v) is 5.46. The van der Waals surface area contributed by atoms with Gasteiger partial charge in [0.15, 0.2) is 0 Å². The summed E-state index contributed by atoms with van der Waals surface area (Å²) in [6.07, 6.45) is 6.59. The van der Waals surface area contributed by atoms with Crippen LogP contribution in [0.1, 0.15) is 46.0 Å². The molecule has 0 radical (unpaired) electrons. The average molecular weight is 256 g/mol. The molecule has 108 valence electrons. The summed E-state index contributed by atoms with van der Waals surface area (Å²) in [5, 5.41) is 3.48. The SMILES string of the molecule is CCCCOCCNCCN(CCC)CC1CC1. The predicted molar refractivity (Wildman–Crippen MR) is 78.1 cm³/mol. The van der Waals surface area contributed by atoms with Gasteiger partial charge in [0.2, 0.25) is 0 Å². The van der Waals surface area contributed by atoms with Gasteiger partial charge in [0.1, 0.15) is 0 Å². The molecule has 1 rings (SSSR count). The Kier molecular flexibility index (Phi) is 9.54. The Morgan fingerprint density at radius 2 is 1.89 bits per heavy atom. The highest BCUT2D eigenvalue weighted by atomic mass is 16.5. The van der Waals surface area contributed by atoms with Crippen LogP contribution < -0.4 is 5.32 Å². The molecular weight excluding hydrogens is 224 g/mol. The van der Waals surface area contributed by atoms with Gasteiger partial charge in [0.25, 0.3) is 0 Å². The molecule has 0 aromatic carbocycles. The zero-order valence-electron chi connectivity index (χ0n) is 12.4. The van der Waals surface area contributed by atoms with Gasteiger partial charge >= 0.3 is 0 Å². The van der Waals surface area contributed by atoms with Crippen LogP contribution in [-0.4, -0.2) is 50.8 Å². The van der Waals surface area contributed by atoms with Crippen LogP contribution in [0.5, 0.6) is 0 Å². The maximum Gasteiger partial charge on any atom is 0.0590 e. The Morgan fingerprint density at radius 3 is 2.56 bits per heavy atom. The number of rotatable bonds is 13. The molecular formula is C15H32N2O. The van der Waals surface area contributed by atoms with E-state index in [-0.39, 0.29) is 0 Å². The van der Waals surface area contributed by atoms with Crippen molar-refractivity contribution >= 4 is 0 Å². The van der Waals surface area contributed by atoms with Gasteiger partial charge in [-0.3, -0.25) is 0 Å². The first-order chi connectivity index (χ1) is 8.86. The monoisotopic (exact) mass is 256 g/mol. The van der Waals surface area contributed by atoms with E-state index in [4.69, 9.17) is 4.74 Å². The van der Waals surface area contributed by atoms with Gasteiger partial charge in [-0.05, 0) is 38.1 Å². The molecule has 0 aliphatic heterocycles. The van der Waals surface area contributed by atoms with Crippen molar-refractivity contribution < 1.29 is 4.74 Å². The van der Waals surface area contributed by atoms with Gasteiger partial charge in [-0.25, -0.2) is 0 Å². The highest BCUT2D eigenvalue weighted by Gasteiger charge is 2.23. The van der Waals surface area contributed by atoms with Crippen molar-refractivity contribution in [2.24, 2.45) is 5.92 Å². The molecule has 1 fully saturated rings. The predicted octanol–water partition coefficient (Wildman–Crippen LogP) is 2.51. The summed E-state index contributed by atoms with van der Waals surface area (Å²) < 4.78 is 5.53. The number of ether oxygens (including phenoxy) is 1. The molecule has 1 aliphatic rings. The minimum absolute atomic E-state index is 0.858. The van der Waals surface area contributed by atoms with E-state index in [1.807, 2.05) is 0 Å². The van der Waals surface area contributed by atoms with E-state index >= 15 is 0 Å². The van der Waals surface area contributed by atoms with Crippen LogP contribution >= 0.6 is 0 Å². The molecule has 0 unspecified atom stereocenters. The molecule has 0 amide bonds. The van der Waals surface area contributed by atoms with Crippen LogP contribution in [-0.2, 0) is 4.74 Å². The molecule has 0 aromatic rings. The molecule has 1 N–H and O–H groups in total. The first kappa shape index (κ1) is 15.9. The number of hydrogen-bond acceptors (Lipinski definition) is 3. The van der Waals surface area contributed by atoms with E-state index in [0.717, 1.165) is 32.2 Å². The fraction of sp³-hybridized carbons (Fsp3) is 1.00. The van der Waals surface area contributed by atoms with E-state index in [1.165, 1.54) is 51.7 Å². The van der Waals surface area contributed by atoms with E-state index in [1.54, 1.807) is 0 Å². The summed E-state index contributed by atoms with van der Waals surface area (Å²) in [4.78, 5) is 2.61. The van der Waals surface area contributed by atoms with Crippen LogP contribution in [0.2, 0.25) is 0 Å². The maximum atomic E-state index is 5.53. The van der Waals surface area contributed by atoms with Crippen molar-refractivity contribution in [3.63, 3.8) is 0 Å². The normalized spacial score (nSPS) is 15.5. The van der Waals surface area contributed by atoms with Gasteiger partial charge in [-0.15, -0.1) is 0 Å². The lowest BCUT2D eigenvalue weighted by Gasteiger charge is -2.21. The molecule has 0 aromatic heterocycles. The maximum absolute atomic E-state index is 5.53. The number of nitrogens with one attached hydrogen (secondary N) is 1. The minimum atomic E-state index is 0.858. The van der Waals surface area contributed by atoms with Gasteiger partial charge in [0.05, 0.1) is 6.61 Å². The number of hydrogen-bond donors (Lipinski definition) is 1. The topological polar surface area (TPSA) is 24.5 Å². The van der Waals surface area contributed by atoms with Crippen molar-refractivity contribution in [1.29, 1.82) is 0 Å². The Morgan fingerprint density at radius 1 is 1.06 bits per heavy atom. The lowest BCUT2D eigenvalue weighted by molar-refractivity contribution is 0.132. The Bertz CT molecular complexity index is 183. The van der Waals surface area contributed by atoms with Crippen molar-refractivity contribution in [2.75, 3.05) is 45.9 Å².